The number of carbonyl (C=O) groups is 2. The van der Waals surface area contributed by atoms with Gasteiger partial charge in [-0.05, 0) is 42.5 Å². The summed E-state index contributed by atoms with van der Waals surface area (Å²) in [6, 6.07) is 11.9. The van der Waals surface area contributed by atoms with Gasteiger partial charge in [-0.2, -0.15) is 8.78 Å². The van der Waals surface area contributed by atoms with Crippen molar-refractivity contribution in [3.63, 3.8) is 0 Å². The summed E-state index contributed by atoms with van der Waals surface area (Å²) in [6.07, 6.45) is -0.521. The van der Waals surface area contributed by atoms with Crippen molar-refractivity contribution in [1.82, 2.24) is 0 Å². The monoisotopic (exact) mass is 350 g/mol. The van der Waals surface area contributed by atoms with Gasteiger partial charge in [0.25, 0.3) is 5.91 Å². The maximum atomic E-state index is 12.2. The molecule has 132 valence electrons. The van der Waals surface area contributed by atoms with Gasteiger partial charge in [0.05, 0.1) is 7.11 Å². The van der Waals surface area contributed by atoms with Crippen LogP contribution in [-0.4, -0.2) is 32.8 Å². The summed E-state index contributed by atoms with van der Waals surface area (Å²) in [4.78, 5) is 24.9. The van der Waals surface area contributed by atoms with Crippen molar-refractivity contribution < 1.29 is 27.8 Å². The number of methoxy groups -OCH3 is 1. The molecule has 0 saturated heterocycles. The third-order valence-electron chi connectivity index (χ3n) is 3.28. The van der Waals surface area contributed by atoms with Gasteiger partial charge in [0.1, 0.15) is 5.75 Å². The molecule has 0 aliphatic carbocycles. The van der Waals surface area contributed by atoms with Gasteiger partial charge in [-0.25, -0.2) is 4.79 Å². The van der Waals surface area contributed by atoms with Crippen LogP contribution in [0.3, 0.4) is 0 Å². The minimum absolute atomic E-state index is 0.0994. The van der Waals surface area contributed by atoms with E-state index in [1.54, 1.807) is 31.3 Å². The molecule has 0 aliphatic rings. The number of carbonyl (C=O) groups excluding carboxylic acids is 2. The zero-order chi connectivity index (χ0) is 18.4. The van der Waals surface area contributed by atoms with Crippen LogP contribution in [0.15, 0.2) is 48.5 Å². The second-order valence-electron chi connectivity index (χ2n) is 4.94. The second-order valence-corrected chi connectivity index (χ2v) is 4.94. The number of nitrogens with one attached hydrogen (secondary N) is 1. The Morgan fingerprint density at radius 2 is 1.80 bits per heavy atom. The van der Waals surface area contributed by atoms with Crippen LogP contribution in [0.5, 0.6) is 5.75 Å². The number of rotatable bonds is 5. The van der Waals surface area contributed by atoms with Gasteiger partial charge in [-0.15, -0.1) is 0 Å². The number of hydrogen-bond acceptors (Lipinski definition) is 4. The lowest BCUT2D eigenvalue weighted by molar-refractivity contribution is -0.0498. The number of benzene rings is 2. The Morgan fingerprint density at radius 1 is 1.12 bits per heavy atom. The molecule has 0 saturated carbocycles. The summed E-state index contributed by atoms with van der Waals surface area (Å²) >= 11 is 0. The Hall–Kier alpha value is -3.16. The van der Waals surface area contributed by atoms with E-state index < -0.39 is 18.6 Å². The predicted octanol–water partition coefficient (Wildman–Crippen LogP) is 3.74. The van der Waals surface area contributed by atoms with E-state index in [-0.39, 0.29) is 11.3 Å². The zero-order valence-electron chi connectivity index (χ0n) is 13.5. The molecule has 0 unspecified atom stereocenters. The van der Waals surface area contributed by atoms with Crippen molar-refractivity contribution in [2.45, 2.75) is 6.61 Å². The first-order valence-electron chi connectivity index (χ1n) is 7.18. The van der Waals surface area contributed by atoms with Crippen molar-refractivity contribution in [2.24, 2.45) is 0 Å². The maximum Gasteiger partial charge on any atom is 0.413 e. The van der Waals surface area contributed by atoms with Crippen LogP contribution in [0.2, 0.25) is 0 Å². The van der Waals surface area contributed by atoms with Crippen LogP contribution in [0.25, 0.3) is 0 Å². The number of ether oxygens (including phenoxy) is 2. The highest BCUT2D eigenvalue weighted by atomic mass is 19.3. The van der Waals surface area contributed by atoms with E-state index in [4.69, 9.17) is 0 Å². The second kappa shape index (κ2) is 8.09. The lowest BCUT2D eigenvalue weighted by Crippen LogP contribution is -2.25. The molecule has 0 bridgehead atoms. The molecule has 2 rings (SSSR count). The first-order chi connectivity index (χ1) is 11.9. The molecule has 0 heterocycles. The molecule has 1 N–H and O–H groups in total. The maximum absolute atomic E-state index is 12.2. The summed E-state index contributed by atoms with van der Waals surface area (Å²) in [6.45, 7) is -2.96. The highest BCUT2D eigenvalue weighted by Gasteiger charge is 2.12. The first kappa shape index (κ1) is 18.2. The zero-order valence-corrected chi connectivity index (χ0v) is 13.5. The molecular formula is C17H16F2N2O4. The third-order valence-corrected chi connectivity index (χ3v) is 3.28. The molecule has 0 aliphatic heterocycles. The van der Waals surface area contributed by atoms with E-state index in [0.29, 0.717) is 11.4 Å². The van der Waals surface area contributed by atoms with Crippen LogP contribution in [0, 0.1) is 0 Å². The Bertz CT molecular complexity index is 751. The number of nitrogens with zero attached hydrogens (tertiary/aromatic N) is 1. The highest BCUT2D eigenvalue weighted by Crippen LogP contribution is 2.20. The molecule has 0 spiro atoms. The van der Waals surface area contributed by atoms with Crippen molar-refractivity contribution in [2.75, 3.05) is 24.4 Å². The molecule has 0 atom stereocenters. The van der Waals surface area contributed by atoms with Crippen molar-refractivity contribution in [3.8, 4) is 5.75 Å². The van der Waals surface area contributed by atoms with Gasteiger partial charge in [-0.3, -0.25) is 9.69 Å². The van der Waals surface area contributed by atoms with Crippen LogP contribution in [-0.2, 0) is 4.74 Å². The van der Waals surface area contributed by atoms with Gasteiger partial charge in [-0.1, -0.05) is 6.07 Å². The minimum Gasteiger partial charge on any atom is -0.452 e. The number of alkyl halides is 2. The number of amides is 2. The molecule has 0 radical (unpaired) electrons. The lowest BCUT2D eigenvalue weighted by Gasteiger charge is -2.16. The van der Waals surface area contributed by atoms with E-state index in [1.807, 2.05) is 0 Å². The van der Waals surface area contributed by atoms with Gasteiger partial charge < -0.3 is 14.8 Å². The largest absolute Gasteiger partial charge is 0.452 e. The summed E-state index contributed by atoms with van der Waals surface area (Å²) in [5, 5.41) is 2.63. The third kappa shape index (κ3) is 4.90. The van der Waals surface area contributed by atoms with Crippen LogP contribution >= 0.6 is 0 Å². The van der Waals surface area contributed by atoms with Gasteiger partial charge in [0, 0.05) is 24.0 Å². The Kier molecular flexibility index (Phi) is 5.89. The molecule has 0 aromatic heterocycles. The molecule has 0 fully saturated rings. The van der Waals surface area contributed by atoms with E-state index in [0.717, 1.165) is 0 Å². The Labute approximate surface area is 143 Å². The van der Waals surface area contributed by atoms with E-state index in [1.165, 1.54) is 36.3 Å². The molecule has 25 heavy (non-hydrogen) atoms. The number of anilines is 2. The van der Waals surface area contributed by atoms with Crippen molar-refractivity contribution >= 4 is 23.4 Å². The van der Waals surface area contributed by atoms with E-state index in [2.05, 4.69) is 14.8 Å². The van der Waals surface area contributed by atoms with E-state index in [9.17, 15) is 18.4 Å². The topological polar surface area (TPSA) is 67.9 Å². The highest BCUT2D eigenvalue weighted by molar-refractivity contribution is 6.04. The Morgan fingerprint density at radius 3 is 2.40 bits per heavy atom. The SMILES string of the molecule is COC(=O)N(C)c1ccc(NC(=O)c2cccc(OC(F)F)c2)cc1. The summed E-state index contributed by atoms with van der Waals surface area (Å²) in [7, 11) is 2.83. The lowest BCUT2D eigenvalue weighted by atomic mass is 10.2. The average Bonchev–Trinajstić information content (AvgIpc) is 2.60. The van der Waals surface area contributed by atoms with Crippen molar-refractivity contribution in [1.29, 1.82) is 0 Å². The van der Waals surface area contributed by atoms with Crippen LogP contribution < -0.4 is 15.0 Å². The normalized spacial score (nSPS) is 10.3. The van der Waals surface area contributed by atoms with Gasteiger partial charge >= 0.3 is 12.7 Å². The van der Waals surface area contributed by atoms with Crippen molar-refractivity contribution in [3.05, 3.63) is 54.1 Å². The standard InChI is InChI=1S/C17H16F2N2O4/c1-21(17(23)24-2)13-8-6-12(7-9-13)20-15(22)11-4-3-5-14(10-11)25-16(18)19/h3-10,16H,1-2H3,(H,20,22). The molecule has 2 aromatic rings. The number of halogens is 2. The fraction of sp³-hybridized carbons (Fsp3) is 0.176. The van der Waals surface area contributed by atoms with Crippen LogP contribution in [0.4, 0.5) is 25.0 Å². The summed E-state index contributed by atoms with van der Waals surface area (Å²) < 4.78 is 33.3. The Balaban J connectivity index is 2.07. The fourth-order valence-electron chi connectivity index (χ4n) is 2.03. The van der Waals surface area contributed by atoms with Gasteiger partial charge in [0.2, 0.25) is 0 Å². The first-order valence-corrected chi connectivity index (χ1v) is 7.18. The predicted molar refractivity (Wildman–Crippen MR) is 88.3 cm³/mol. The quantitative estimate of drug-likeness (QED) is 0.892. The summed E-state index contributed by atoms with van der Waals surface area (Å²) in [5.41, 5.74) is 1.23. The molecular weight excluding hydrogens is 334 g/mol. The fourth-order valence-corrected chi connectivity index (χ4v) is 2.03. The van der Waals surface area contributed by atoms with Crippen LogP contribution in [0.1, 0.15) is 10.4 Å². The molecule has 2 aromatic carbocycles. The smallest absolute Gasteiger partial charge is 0.413 e. The molecule has 2 amide bonds. The number of hydrogen-bond donors (Lipinski definition) is 1. The summed E-state index contributed by atoms with van der Waals surface area (Å²) in [5.74, 6) is -0.577. The molecule has 6 nitrogen and oxygen atoms in total. The minimum atomic E-state index is -2.96. The molecule has 8 heteroatoms. The van der Waals surface area contributed by atoms with E-state index >= 15 is 0 Å². The average molecular weight is 350 g/mol. The van der Waals surface area contributed by atoms with Gasteiger partial charge in [0.15, 0.2) is 0 Å².